The van der Waals surface area contributed by atoms with Crippen LogP contribution in [0.5, 0.6) is 0 Å². The first-order valence-electron chi connectivity index (χ1n) is 6.89. The highest BCUT2D eigenvalue weighted by molar-refractivity contribution is 5.58. The van der Waals surface area contributed by atoms with Crippen LogP contribution in [-0.2, 0) is 0 Å². The van der Waals surface area contributed by atoms with Crippen LogP contribution in [0, 0.1) is 5.82 Å². The first-order valence-corrected chi connectivity index (χ1v) is 6.89. The zero-order valence-corrected chi connectivity index (χ0v) is 12.2. The molecule has 0 heterocycles. The second-order valence-electron chi connectivity index (χ2n) is 5.10. The maximum absolute atomic E-state index is 13.0. The van der Waals surface area contributed by atoms with Crippen LogP contribution in [0.2, 0.25) is 0 Å². The maximum Gasteiger partial charge on any atom is 0.123 e. The van der Waals surface area contributed by atoms with Crippen molar-refractivity contribution in [2.75, 3.05) is 24.3 Å². The minimum absolute atomic E-state index is 0.188. The number of rotatable bonds is 5. The molecule has 0 aromatic heterocycles. The van der Waals surface area contributed by atoms with Gasteiger partial charge in [-0.15, -0.1) is 0 Å². The van der Waals surface area contributed by atoms with Gasteiger partial charge in [-0.25, -0.2) is 4.39 Å². The first kappa shape index (κ1) is 14.4. The van der Waals surface area contributed by atoms with Gasteiger partial charge in [-0.05, 0) is 42.3 Å². The summed E-state index contributed by atoms with van der Waals surface area (Å²) >= 11 is 0. The molecule has 1 unspecified atom stereocenters. The molecular formula is C17H21FN2. The number of nitrogens with zero attached hydrogens (tertiary/aromatic N) is 1. The first-order chi connectivity index (χ1) is 9.60. The van der Waals surface area contributed by atoms with Crippen LogP contribution >= 0.6 is 0 Å². The fourth-order valence-electron chi connectivity index (χ4n) is 2.19. The van der Waals surface area contributed by atoms with E-state index in [0.717, 1.165) is 23.4 Å². The fourth-order valence-corrected chi connectivity index (χ4v) is 2.19. The van der Waals surface area contributed by atoms with Gasteiger partial charge < -0.3 is 10.2 Å². The van der Waals surface area contributed by atoms with Gasteiger partial charge in [-0.2, -0.15) is 0 Å². The van der Waals surface area contributed by atoms with Gasteiger partial charge in [0, 0.05) is 25.5 Å². The summed E-state index contributed by atoms with van der Waals surface area (Å²) in [4.78, 5) is 2.07. The molecule has 0 spiro atoms. The molecule has 0 fully saturated rings. The lowest BCUT2D eigenvalue weighted by Gasteiger charge is -2.20. The molecule has 1 N–H and O–H groups in total. The highest BCUT2D eigenvalue weighted by atomic mass is 19.1. The molecule has 20 heavy (non-hydrogen) atoms. The molecule has 0 bridgehead atoms. The average molecular weight is 272 g/mol. The molecule has 0 saturated carbocycles. The molecule has 2 rings (SSSR count). The van der Waals surface area contributed by atoms with E-state index in [1.165, 1.54) is 12.1 Å². The fraction of sp³-hybridized carbons (Fsp3) is 0.294. The molecule has 1 atom stereocenters. The van der Waals surface area contributed by atoms with Gasteiger partial charge in [0.1, 0.15) is 5.82 Å². The van der Waals surface area contributed by atoms with Crippen molar-refractivity contribution in [2.24, 2.45) is 0 Å². The molecule has 0 aliphatic rings. The second kappa shape index (κ2) is 6.42. The van der Waals surface area contributed by atoms with Crippen LogP contribution in [0.1, 0.15) is 24.9 Å². The minimum atomic E-state index is -0.196. The lowest BCUT2D eigenvalue weighted by Crippen LogP contribution is -2.12. The summed E-state index contributed by atoms with van der Waals surface area (Å²) in [6.07, 6.45) is 0.942. The van der Waals surface area contributed by atoms with Gasteiger partial charge in [0.2, 0.25) is 0 Å². The van der Waals surface area contributed by atoms with Crippen molar-refractivity contribution >= 4 is 11.4 Å². The molecule has 106 valence electrons. The van der Waals surface area contributed by atoms with E-state index in [0.29, 0.717) is 0 Å². The van der Waals surface area contributed by atoms with E-state index >= 15 is 0 Å². The normalized spacial score (nSPS) is 12.0. The Morgan fingerprint density at radius 2 is 1.80 bits per heavy atom. The molecule has 3 heteroatoms. The molecule has 0 amide bonds. The summed E-state index contributed by atoms with van der Waals surface area (Å²) in [5.74, 6) is -0.196. The zero-order valence-electron chi connectivity index (χ0n) is 12.2. The quantitative estimate of drug-likeness (QED) is 0.864. The van der Waals surface area contributed by atoms with Crippen LogP contribution in [-0.4, -0.2) is 14.1 Å². The van der Waals surface area contributed by atoms with Crippen molar-refractivity contribution in [2.45, 2.75) is 19.4 Å². The summed E-state index contributed by atoms with van der Waals surface area (Å²) in [5.41, 5.74) is 3.33. The summed E-state index contributed by atoms with van der Waals surface area (Å²) < 4.78 is 13.0. The van der Waals surface area contributed by atoms with E-state index in [2.05, 4.69) is 35.3 Å². The monoisotopic (exact) mass is 272 g/mol. The largest absolute Gasteiger partial charge is 0.378 e. The number of hydrogen-bond acceptors (Lipinski definition) is 2. The van der Waals surface area contributed by atoms with Gasteiger partial charge in [0.15, 0.2) is 0 Å². The molecule has 2 aromatic carbocycles. The van der Waals surface area contributed by atoms with Crippen LogP contribution in [0.4, 0.5) is 15.8 Å². The summed E-state index contributed by atoms with van der Waals surface area (Å²) in [6, 6.07) is 15.2. The number of hydrogen-bond donors (Lipinski definition) is 1. The summed E-state index contributed by atoms with van der Waals surface area (Å²) in [7, 11) is 4.05. The zero-order chi connectivity index (χ0) is 14.5. The Hall–Kier alpha value is -2.03. The van der Waals surface area contributed by atoms with Gasteiger partial charge in [0.25, 0.3) is 0 Å². The van der Waals surface area contributed by atoms with E-state index in [1.54, 1.807) is 0 Å². The Morgan fingerprint density at radius 1 is 1.10 bits per heavy atom. The third-order valence-corrected chi connectivity index (χ3v) is 3.38. The Morgan fingerprint density at radius 3 is 2.40 bits per heavy atom. The Kier molecular flexibility index (Phi) is 4.61. The predicted molar refractivity (Wildman–Crippen MR) is 83.8 cm³/mol. The molecule has 2 nitrogen and oxygen atoms in total. The van der Waals surface area contributed by atoms with Crippen LogP contribution in [0.25, 0.3) is 0 Å². The number of anilines is 2. The maximum atomic E-state index is 13.0. The van der Waals surface area contributed by atoms with Crippen LogP contribution < -0.4 is 10.2 Å². The van der Waals surface area contributed by atoms with E-state index in [-0.39, 0.29) is 11.9 Å². The van der Waals surface area contributed by atoms with Crippen molar-refractivity contribution in [3.05, 3.63) is 59.9 Å². The van der Waals surface area contributed by atoms with Crippen molar-refractivity contribution in [1.82, 2.24) is 0 Å². The number of halogens is 1. The summed E-state index contributed by atoms with van der Waals surface area (Å²) in [6.45, 7) is 2.12. The SMILES string of the molecule is CCC(Nc1cccc(N(C)C)c1)c1ccc(F)cc1. The predicted octanol–water partition coefficient (Wildman–Crippen LogP) is 4.45. The standard InChI is InChI=1S/C17H21FN2/c1-4-17(13-8-10-14(18)11-9-13)19-15-6-5-7-16(12-15)20(2)3/h5-12,17,19H,4H2,1-3H3. The number of benzene rings is 2. The van der Waals surface area contributed by atoms with E-state index in [4.69, 9.17) is 0 Å². The molecule has 2 aromatic rings. The van der Waals surface area contributed by atoms with Crippen molar-refractivity contribution in [3.8, 4) is 0 Å². The Labute approximate surface area is 120 Å². The van der Waals surface area contributed by atoms with Crippen molar-refractivity contribution < 1.29 is 4.39 Å². The van der Waals surface area contributed by atoms with Crippen LogP contribution in [0.3, 0.4) is 0 Å². The average Bonchev–Trinajstić information content (AvgIpc) is 2.46. The van der Waals surface area contributed by atoms with E-state index in [1.807, 2.05) is 32.3 Å². The smallest absolute Gasteiger partial charge is 0.123 e. The van der Waals surface area contributed by atoms with E-state index < -0.39 is 0 Å². The molecule has 0 saturated heterocycles. The van der Waals surface area contributed by atoms with E-state index in [9.17, 15) is 4.39 Å². The second-order valence-corrected chi connectivity index (χ2v) is 5.10. The van der Waals surface area contributed by atoms with Gasteiger partial charge in [0.05, 0.1) is 6.04 Å². The minimum Gasteiger partial charge on any atom is -0.378 e. The van der Waals surface area contributed by atoms with Crippen molar-refractivity contribution in [3.63, 3.8) is 0 Å². The lowest BCUT2D eigenvalue weighted by molar-refractivity contribution is 0.625. The highest BCUT2D eigenvalue weighted by Gasteiger charge is 2.09. The van der Waals surface area contributed by atoms with Crippen LogP contribution in [0.15, 0.2) is 48.5 Å². The third kappa shape index (κ3) is 3.50. The third-order valence-electron chi connectivity index (χ3n) is 3.38. The number of nitrogens with one attached hydrogen (secondary N) is 1. The summed E-state index contributed by atoms with van der Waals surface area (Å²) in [5, 5.41) is 3.51. The topological polar surface area (TPSA) is 15.3 Å². The van der Waals surface area contributed by atoms with Gasteiger partial charge in [-0.1, -0.05) is 25.1 Å². The lowest BCUT2D eigenvalue weighted by atomic mass is 10.0. The molecule has 0 aliphatic carbocycles. The van der Waals surface area contributed by atoms with Gasteiger partial charge >= 0.3 is 0 Å². The van der Waals surface area contributed by atoms with Crippen molar-refractivity contribution in [1.29, 1.82) is 0 Å². The van der Waals surface area contributed by atoms with Gasteiger partial charge in [-0.3, -0.25) is 0 Å². The molecular weight excluding hydrogens is 251 g/mol. The molecule has 0 aliphatic heterocycles. The Balaban J connectivity index is 2.17. The molecule has 0 radical (unpaired) electrons. The highest BCUT2D eigenvalue weighted by Crippen LogP contribution is 2.25. The Bertz CT molecular complexity index is 549.